The summed E-state index contributed by atoms with van der Waals surface area (Å²) >= 11 is -2.08. The third-order valence-electron chi connectivity index (χ3n) is 0.421. The molecule has 0 aliphatic rings. The maximum absolute atomic E-state index is 9.69. The third kappa shape index (κ3) is 5.42. The molecular formula is C2H4N3O2S-. The van der Waals surface area contributed by atoms with Crippen LogP contribution in [0, 0.1) is 0 Å². The molecule has 8 heavy (non-hydrogen) atoms. The van der Waals surface area contributed by atoms with E-state index in [-0.39, 0.29) is 12.3 Å². The van der Waals surface area contributed by atoms with E-state index in [1.165, 1.54) is 0 Å². The predicted molar refractivity (Wildman–Crippen MR) is 27.8 cm³/mol. The standard InChI is InChI=1S/C2H5N3O2S/c3-5-4-1-2-8(6)7/h1-2H2,(H,6,7)/p-1. The highest BCUT2D eigenvalue weighted by Crippen LogP contribution is 1.74. The molecule has 0 saturated heterocycles. The first kappa shape index (κ1) is 7.42. The van der Waals surface area contributed by atoms with Crippen LogP contribution in [0.3, 0.4) is 0 Å². The summed E-state index contributed by atoms with van der Waals surface area (Å²) < 4.78 is 19.4. The Morgan fingerprint density at radius 2 is 2.50 bits per heavy atom. The maximum Gasteiger partial charge on any atom is 0.0362 e. The van der Waals surface area contributed by atoms with Gasteiger partial charge in [-0.1, -0.05) is 16.2 Å². The SMILES string of the molecule is [N-]=[N+]=NCCS(=O)[O-]. The van der Waals surface area contributed by atoms with Crippen LogP contribution in [-0.4, -0.2) is 21.1 Å². The Morgan fingerprint density at radius 3 is 2.88 bits per heavy atom. The van der Waals surface area contributed by atoms with Crippen LogP contribution in [0.25, 0.3) is 10.4 Å². The van der Waals surface area contributed by atoms with Gasteiger partial charge in [0.2, 0.25) is 0 Å². The number of nitrogens with zero attached hydrogens (tertiary/aromatic N) is 3. The number of azide groups is 1. The monoisotopic (exact) mass is 134 g/mol. The lowest BCUT2D eigenvalue weighted by Gasteiger charge is -1.97. The first-order chi connectivity index (χ1) is 3.77. The van der Waals surface area contributed by atoms with Crippen LogP contribution in [0.5, 0.6) is 0 Å². The van der Waals surface area contributed by atoms with Crippen LogP contribution >= 0.6 is 0 Å². The first-order valence-corrected chi connectivity index (χ1v) is 3.08. The van der Waals surface area contributed by atoms with Crippen molar-refractivity contribution in [3.05, 3.63) is 10.4 Å². The minimum atomic E-state index is -2.08. The zero-order chi connectivity index (χ0) is 6.41. The molecule has 5 nitrogen and oxygen atoms in total. The molecule has 0 aliphatic carbocycles. The summed E-state index contributed by atoms with van der Waals surface area (Å²) in [5, 5.41) is 3.00. The van der Waals surface area contributed by atoms with Crippen molar-refractivity contribution in [1.82, 2.24) is 0 Å². The van der Waals surface area contributed by atoms with Crippen molar-refractivity contribution in [2.75, 3.05) is 12.3 Å². The predicted octanol–water partition coefficient (Wildman–Crippen LogP) is 0.176. The van der Waals surface area contributed by atoms with Gasteiger partial charge in [0.15, 0.2) is 0 Å². The number of hydrogen-bond acceptors (Lipinski definition) is 3. The van der Waals surface area contributed by atoms with E-state index in [2.05, 4.69) is 10.0 Å². The largest absolute Gasteiger partial charge is 0.772 e. The van der Waals surface area contributed by atoms with Gasteiger partial charge >= 0.3 is 0 Å². The highest BCUT2D eigenvalue weighted by atomic mass is 32.2. The quantitative estimate of drug-likeness (QED) is 0.238. The molecule has 1 unspecified atom stereocenters. The van der Waals surface area contributed by atoms with E-state index in [0.29, 0.717) is 0 Å². The molecule has 0 fully saturated rings. The van der Waals surface area contributed by atoms with E-state index >= 15 is 0 Å². The van der Waals surface area contributed by atoms with Crippen LogP contribution in [-0.2, 0) is 11.1 Å². The smallest absolute Gasteiger partial charge is 0.0362 e. The summed E-state index contributed by atoms with van der Waals surface area (Å²) in [6, 6.07) is 0. The molecule has 0 rings (SSSR count). The highest BCUT2D eigenvalue weighted by Gasteiger charge is 1.78. The van der Waals surface area contributed by atoms with Crippen LogP contribution in [0.4, 0.5) is 0 Å². The highest BCUT2D eigenvalue weighted by molar-refractivity contribution is 7.79. The van der Waals surface area contributed by atoms with Crippen molar-refractivity contribution >= 4 is 11.1 Å². The zero-order valence-corrected chi connectivity index (χ0v) is 4.80. The van der Waals surface area contributed by atoms with E-state index in [4.69, 9.17) is 5.53 Å². The molecule has 0 bridgehead atoms. The van der Waals surface area contributed by atoms with Gasteiger partial charge in [0.05, 0.1) is 0 Å². The summed E-state index contributed by atoms with van der Waals surface area (Å²) in [5.41, 5.74) is 7.64. The van der Waals surface area contributed by atoms with Gasteiger partial charge in [-0.15, -0.1) is 0 Å². The molecule has 0 aliphatic heterocycles. The molecule has 0 heterocycles. The first-order valence-electron chi connectivity index (χ1n) is 1.84. The zero-order valence-electron chi connectivity index (χ0n) is 3.98. The van der Waals surface area contributed by atoms with E-state index in [1.807, 2.05) is 0 Å². The molecule has 0 radical (unpaired) electrons. The molecule has 1 atom stereocenters. The summed E-state index contributed by atoms with van der Waals surface area (Å²) in [4.78, 5) is 2.36. The van der Waals surface area contributed by atoms with Crippen molar-refractivity contribution in [2.45, 2.75) is 0 Å². The van der Waals surface area contributed by atoms with Gasteiger partial charge in [-0.25, -0.2) is 0 Å². The van der Waals surface area contributed by atoms with Crippen LogP contribution < -0.4 is 0 Å². The van der Waals surface area contributed by atoms with Gasteiger partial charge < -0.3 is 4.55 Å². The second kappa shape index (κ2) is 4.58. The minimum Gasteiger partial charge on any atom is -0.772 e. The topological polar surface area (TPSA) is 88.9 Å². The lowest BCUT2D eigenvalue weighted by molar-refractivity contribution is 0.537. The molecule has 0 aromatic heterocycles. The Balaban J connectivity index is 3.18. The third-order valence-corrected chi connectivity index (χ3v) is 0.937. The normalized spacial score (nSPS) is 12.1. The van der Waals surface area contributed by atoms with Gasteiger partial charge in [-0.05, 0) is 5.53 Å². The van der Waals surface area contributed by atoms with Crippen LogP contribution in [0.15, 0.2) is 5.11 Å². The molecule has 0 aromatic rings. The molecular weight excluding hydrogens is 130 g/mol. The van der Waals surface area contributed by atoms with Crippen LogP contribution in [0.2, 0.25) is 0 Å². The van der Waals surface area contributed by atoms with Gasteiger partial charge in [0, 0.05) is 17.2 Å². The minimum absolute atomic E-state index is 0.0204. The summed E-state index contributed by atoms with van der Waals surface area (Å²) in [5.74, 6) is -0.0932. The molecule has 6 heteroatoms. The van der Waals surface area contributed by atoms with Gasteiger partial charge in [0.1, 0.15) is 0 Å². The molecule has 0 aromatic carbocycles. The second-order valence-corrected chi connectivity index (χ2v) is 1.98. The van der Waals surface area contributed by atoms with Crippen LogP contribution in [0.1, 0.15) is 0 Å². The van der Waals surface area contributed by atoms with E-state index < -0.39 is 11.1 Å². The summed E-state index contributed by atoms with van der Waals surface area (Å²) in [6.07, 6.45) is 0. The van der Waals surface area contributed by atoms with Gasteiger partial charge in [-0.2, -0.15) is 0 Å². The average molecular weight is 134 g/mol. The fourth-order valence-corrected chi connectivity index (χ4v) is 0.391. The number of hydrogen-bond donors (Lipinski definition) is 0. The Hall–Kier alpha value is -0.580. The number of rotatable bonds is 3. The van der Waals surface area contributed by atoms with Gasteiger partial charge in [-0.3, -0.25) is 4.21 Å². The maximum atomic E-state index is 9.69. The van der Waals surface area contributed by atoms with Crippen molar-refractivity contribution in [1.29, 1.82) is 0 Å². The van der Waals surface area contributed by atoms with E-state index in [1.54, 1.807) is 0 Å². The van der Waals surface area contributed by atoms with Crippen molar-refractivity contribution in [2.24, 2.45) is 5.11 Å². The fourth-order valence-electron chi connectivity index (χ4n) is 0.160. The molecule has 0 N–H and O–H groups in total. The van der Waals surface area contributed by atoms with E-state index in [0.717, 1.165) is 0 Å². The Bertz CT molecular complexity index is 127. The average Bonchev–Trinajstić information content (AvgIpc) is 1.66. The Kier molecular flexibility index (Phi) is 4.24. The molecule has 0 saturated carbocycles. The van der Waals surface area contributed by atoms with Crippen molar-refractivity contribution in [3.63, 3.8) is 0 Å². The summed E-state index contributed by atoms with van der Waals surface area (Å²) in [6.45, 7) is 0.0204. The Morgan fingerprint density at radius 1 is 1.88 bits per heavy atom. The lowest BCUT2D eigenvalue weighted by Crippen LogP contribution is -1.97. The Labute approximate surface area is 48.6 Å². The van der Waals surface area contributed by atoms with Crippen molar-refractivity contribution in [3.8, 4) is 0 Å². The summed E-state index contributed by atoms with van der Waals surface area (Å²) in [7, 11) is 0. The lowest BCUT2D eigenvalue weighted by atomic mass is 10.8. The molecule has 0 amide bonds. The van der Waals surface area contributed by atoms with E-state index in [9.17, 15) is 8.76 Å². The molecule has 0 spiro atoms. The molecule has 46 valence electrons. The van der Waals surface area contributed by atoms with Gasteiger partial charge in [0.25, 0.3) is 0 Å². The second-order valence-electron chi connectivity index (χ2n) is 0.962. The van der Waals surface area contributed by atoms with Crippen molar-refractivity contribution < 1.29 is 8.76 Å². The fraction of sp³-hybridized carbons (Fsp3) is 1.00.